The molecule has 228 valence electrons. The molecule has 1 aliphatic carbocycles. The second-order valence-electron chi connectivity index (χ2n) is 11.5. The van der Waals surface area contributed by atoms with Crippen LogP contribution in [-0.2, 0) is 38.1 Å². The van der Waals surface area contributed by atoms with Crippen LogP contribution in [0.4, 0.5) is 0 Å². The minimum absolute atomic E-state index is 0.0375. The number of rotatable bonds is 17. The lowest BCUT2D eigenvalue weighted by Crippen LogP contribution is -2.28. The fraction of sp³-hybridized carbons (Fsp3) is 0.697. The molecule has 0 aromatic carbocycles. The zero-order valence-electron chi connectivity index (χ0n) is 25.0. The highest BCUT2D eigenvalue weighted by atomic mass is 16.6. The van der Waals surface area contributed by atoms with Crippen molar-refractivity contribution < 1.29 is 38.1 Å². The van der Waals surface area contributed by atoms with Crippen LogP contribution in [0, 0.1) is 5.92 Å². The second-order valence-corrected chi connectivity index (χ2v) is 11.5. The summed E-state index contributed by atoms with van der Waals surface area (Å²) < 4.78 is 22.0. The van der Waals surface area contributed by atoms with Crippen LogP contribution in [0.1, 0.15) is 117 Å². The summed E-state index contributed by atoms with van der Waals surface area (Å²) >= 11 is 0. The number of esters is 4. The van der Waals surface area contributed by atoms with Gasteiger partial charge in [-0.15, -0.1) is 0 Å². The van der Waals surface area contributed by atoms with Gasteiger partial charge in [-0.1, -0.05) is 90.6 Å². The van der Waals surface area contributed by atoms with Gasteiger partial charge in [-0.25, -0.2) is 9.59 Å². The van der Waals surface area contributed by atoms with Crippen LogP contribution in [0.25, 0.3) is 0 Å². The van der Waals surface area contributed by atoms with Crippen molar-refractivity contribution in [2.75, 3.05) is 6.61 Å². The van der Waals surface area contributed by atoms with Crippen molar-refractivity contribution in [2.24, 2.45) is 5.92 Å². The molecule has 41 heavy (non-hydrogen) atoms. The molecule has 0 amide bonds. The summed E-state index contributed by atoms with van der Waals surface area (Å²) in [6, 6.07) is 0. The van der Waals surface area contributed by atoms with Crippen molar-refractivity contribution in [1.82, 2.24) is 0 Å². The smallest absolute Gasteiger partial charge is 0.338 e. The summed E-state index contributed by atoms with van der Waals surface area (Å²) in [5.41, 5.74) is 1.19. The minimum atomic E-state index is -0.794. The Kier molecular flexibility index (Phi) is 13.6. The molecule has 1 saturated heterocycles. The fourth-order valence-electron chi connectivity index (χ4n) is 5.78. The van der Waals surface area contributed by atoms with E-state index in [0.717, 1.165) is 24.8 Å². The topological polar surface area (TPSA) is 105 Å². The Labute approximate surface area is 244 Å². The molecule has 0 radical (unpaired) electrons. The van der Waals surface area contributed by atoms with Crippen LogP contribution in [0.15, 0.2) is 35.5 Å². The zero-order valence-corrected chi connectivity index (χ0v) is 25.0. The summed E-state index contributed by atoms with van der Waals surface area (Å²) in [5.74, 6) is -2.52. The molecule has 0 N–H and O–H groups in total. The maximum atomic E-state index is 12.6. The van der Waals surface area contributed by atoms with Gasteiger partial charge in [0.2, 0.25) is 0 Å². The highest BCUT2D eigenvalue weighted by Crippen LogP contribution is 2.38. The third-order valence-electron chi connectivity index (χ3n) is 8.12. The van der Waals surface area contributed by atoms with Gasteiger partial charge < -0.3 is 18.9 Å². The molecule has 4 unspecified atom stereocenters. The third-order valence-corrected chi connectivity index (χ3v) is 8.12. The minimum Gasteiger partial charge on any atom is -0.461 e. The molecule has 3 aliphatic rings. The molecule has 8 heteroatoms. The summed E-state index contributed by atoms with van der Waals surface area (Å²) in [6.45, 7) is 7.42. The van der Waals surface area contributed by atoms with E-state index >= 15 is 0 Å². The first kappa shape index (κ1) is 32.6. The summed E-state index contributed by atoms with van der Waals surface area (Å²) in [4.78, 5) is 49.1. The van der Waals surface area contributed by atoms with Crippen molar-refractivity contribution in [2.45, 2.75) is 135 Å². The Bertz CT molecular complexity index is 993. The Morgan fingerprint density at radius 1 is 0.854 bits per heavy atom. The predicted molar refractivity (Wildman–Crippen MR) is 155 cm³/mol. The van der Waals surface area contributed by atoms with E-state index in [4.69, 9.17) is 18.9 Å². The van der Waals surface area contributed by atoms with E-state index in [1.54, 1.807) is 12.2 Å². The quantitative estimate of drug-likeness (QED) is 0.0630. The molecule has 3 rings (SSSR count). The van der Waals surface area contributed by atoms with E-state index in [1.165, 1.54) is 71.1 Å². The molecule has 0 aromatic rings. The van der Waals surface area contributed by atoms with E-state index in [0.29, 0.717) is 19.3 Å². The Hall–Kier alpha value is -2.90. The number of carbonyl (C=O) groups excluding carboxylic acids is 4. The standard InChI is InChI=1S/C33H48O8/c1-4-5-6-7-8-9-10-11-12-13-14-15-16-17-30(35)38-22-25-18-19-27(39-24(3)34)26-21-29(41-33(26)37)31-23(2)32(36)40-28(31)20-25/h20-21,27-29,31H,2,4-19,22H2,1,3H3/b25-20+. The zero-order chi connectivity index (χ0) is 29.6. The lowest BCUT2D eigenvalue weighted by Gasteiger charge is -2.22. The molecule has 1 fully saturated rings. The number of hydrogen-bond donors (Lipinski definition) is 0. The summed E-state index contributed by atoms with van der Waals surface area (Å²) in [6.07, 6.45) is 18.3. The van der Waals surface area contributed by atoms with E-state index in [9.17, 15) is 19.2 Å². The molecule has 2 aliphatic heterocycles. The van der Waals surface area contributed by atoms with Crippen molar-refractivity contribution in [3.05, 3.63) is 35.5 Å². The van der Waals surface area contributed by atoms with Gasteiger partial charge in [-0.3, -0.25) is 9.59 Å². The summed E-state index contributed by atoms with van der Waals surface area (Å²) in [5, 5.41) is 0. The number of fused-ring (bicyclic) bond motifs is 3. The van der Waals surface area contributed by atoms with Gasteiger partial charge >= 0.3 is 23.9 Å². The van der Waals surface area contributed by atoms with Crippen LogP contribution in [0.3, 0.4) is 0 Å². The van der Waals surface area contributed by atoms with E-state index in [-0.39, 0.29) is 23.7 Å². The molecule has 2 bridgehead atoms. The van der Waals surface area contributed by atoms with E-state index < -0.39 is 42.1 Å². The second kappa shape index (κ2) is 17.1. The van der Waals surface area contributed by atoms with Crippen molar-refractivity contribution >= 4 is 23.9 Å². The van der Waals surface area contributed by atoms with Crippen molar-refractivity contribution in [3.8, 4) is 0 Å². The molecule has 2 heterocycles. The highest BCUT2D eigenvalue weighted by Gasteiger charge is 2.47. The van der Waals surface area contributed by atoms with Crippen molar-refractivity contribution in [1.29, 1.82) is 0 Å². The van der Waals surface area contributed by atoms with Crippen LogP contribution < -0.4 is 0 Å². The molecular weight excluding hydrogens is 524 g/mol. The number of hydrogen-bond acceptors (Lipinski definition) is 8. The van der Waals surface area contributed by atoms with Crippen LogP contribution >= 0.6 is 0 Å². The molecule has 0 saturated carbocycles. The van der Waals surface area contributed by atoms with Gasteiger partial charge in [0.1, 0.15) is 24.9 Å². The van der Waals surface area contributed by atoms with Crippen LogP contribution in [0.2, 0.25) is 0 Å². The highest BCUT2D eigenvalue weighted by molar-refractivity contribution is 5.94. The predicted octanol–water partition coefficient (Wildman–Crippen LogP) is 6.61. The molecule has 8 nitrogen and oxygen atoms in total. The molecular formula is C33H48O8. The van der Waals surface area contributed by atoms with Gasteiger partial charge in [0.05, 0.1) is 11.5 Å². The lowest BCUT2D eigenvalue weighted by atomic mass is 9.87. The van der Waals surface area contributed by atoms with E-state index in [2.05, 4.69) is 13.5 Å². The van der Waals surface area contributed by atoms with Gasteiger partial charge in [-0.05, 0) is 37.0 Å². The SMILES string of the molecule is C=C1C(=O)OC2/C=C(/COC(=O)CCCCCCCCCCCCCCC)CCC(OC(C)=O)C3=CC(OC3=O)C12. The molecule has 0 spiro atoms. The van der Waals surface area contributed by atoms with E-state index in [1.807, 2.05) is 0 Å². The largest absolute Gasteiger partial charge is 0.461 e. The fourth-order valence-corrected chi connectivity index (χ4v) is 5.78. The lowest BCUT2D eigenvalue weighted by molar-refractivity contribution is -0.148. The Morgan fingerprint density at radius 2 is 1.41 bits per heavy atom. The van der Waals surface area contributed by atoms with Crippen molar-refractivity contribution in [3.63, 3.8) is 0 Å². The van der Waals surface area contributed by atoms with Gasteiger partial charge in [0.25, 0.3) is 0 Å². The molecule has 4 atom stereocenters. The Balaban J connectivity index is 1.42. The third kappa shape index (κ3) is 10.5. The number of unbranched alkanes of at least 4 members (excludes halogenated alkanes) is 12. The summed E-state index contributed by atoms with van der Waals surface area (Å²) in [7, 11) is 0. The maximum Gasteiger partial charge on any atom is 0.338 e. The first-order valence-electron chi connectivity index (χ1n) is 15.6. The average Bonchev–Trinajstić information content (AvgIpc) is 3.44. The van der Waals surface area contributed by atoms with Crippen LogP contribution in [-0.4, -0.2) is 48.8 Å². The first-order valence-corrected chi connectivity index (χ1v) is 15.6. The monoisotopic (exact) mass is 572 g/mol. The first-order chi connectivity index (χ1) is 19.8. The number of carbonyl (C=O) groups is 4. The average molecular weight is 573 g/mol. The van der Waals surface area contributed by atoms with Crippen LogP contribution in [0.5, 0.6) is 0 Å². The van der Waals surface area contributed by atoms with Gasteiger partial charge in [-0.2, -0.15) is 0 Å². The van der Waals surface area contributed by atoms with Gasteiger partial charge in [0, 0.05) is 18.9 Å². The maximum absolute atomic E-state index is 12.6. The van der Waals surface area contributed by atoms with Gasteiger partial charge in [0.15, 0.2) is 0 Å². The molecule has 0 aromatic heterocycles. The normalized spacial score (nSPS) is 25.0. The number of ether oxygens (including phenoxy) is 4. The Morgan fingerprint density at radius 3 is 2.02 bits per heavy atom.